The number of rotatable bonds is 6. The van der Waals surface area contributed by atoms with Crippen LogP contribution in [0.1, 0.15) is 33.6 Å². The number of aromatic nitrogens is 1. The molecule has 7 rings (SSSR count). The van der Waals surface area contributed by atoms with Crippen LogP contribution in [0.4, 0.5) is 5.69 Å². The van der Waals surface area contributed by atoms with Crippen molar-refractivity contribution in [3.05, 3.63) is 108 Å². The molecule has 0 bridgehead atoms. The van der Waals surface area contributed by atoms with Gasteiger partial charge >= 0.3 is 0 Å². The highest BCUT2D eigenvalue weighted by atomic mass is 16.2. The third-order valence-electron chi connectivity index (χ3n) is 10.1. The largest absolute Gasteiger partial charge is 0.369 e. The molecule has 3 aromatic carbocycles. The van der Waals surface area contributed by atoms with Gasteiger partial charge in [-0.15, -0.1) is 0 Å². The SMILES string of the molecule is CN1CCN(c2ccc(C(=O)N3CCC(N4CCN(C(=O)c5cc(-c6ccccc6)nc(-c6ccccc6)c5)CC4)CC3)cc2)CC1. The van der Waals surface area contributed by atoms with Gasteiger partial charge in [0, 0.05) is 99.4 Å². The average molecular weight is 629 g/mol. The Morgan fingerprint density at radius 3 is 1.64 bits per heavy atom. The number of anilines is 1. The maximum absolute atomic E-state index is 13.9. The van der Waals surface area contributed by atoms with Crippen molar-refractivity contribution in [2.24, 2.45) is 0 Å². The van der Waals surface area contributed by atoms with Crippen LogP contribution in [0.15, 0.2) is 97.1 Å². The zero-order chi connectivity index (χ0) is 32.2. The van der Waals surface area contributed by atoms with Crippen LogP contribution in [0, 0.1) is 0 Å². The summed E-state index contributed by atoms with van der Waals surface area (Å²) in [6, 6.07) is 32.6. The van der Waals surface area contributed by atoms with Crippen molar-refractivity contribution in [3.63, 3.8) is 0 Å². The van der Waals surface area contributed by atoms with Crippen molar-refractivity contribution in [2.75, 3.05) is 77.4 Å². The standard InChI is InChI=1S/C39H44N6O2/c1-41-20-22-42(23-21-41)34-14-12-32(13-15-34)38(46)44-18-16-35(17-19-44)43-24-26-45(27-25-43)39(47)33-28-36(30-8-4-2-5-9-30)40-37(29-33)31-10-6-3-7-11-31/h2-15,28-29,35H,16-27H2,1H3. The van der Waals surface area contributed by atoms with E-state index in [-0.39, 0.29) is 11.8 Å². The summed E-state index contributed by atoms with van der Waals surface area (Å²) in [4.78, 5) is 43.4. The van der Waals surface area contributed by atoms with Crippen LogP contribution in [-0.4, -0.2) is 115 Å². The first-order valence-corrected chi connectivity index (χ1v) is 17.0. The molecule has 0 atom stereocenters. The number of pyridine rings is 1. The minimum absolute atomic E-state index is 0.0560. The first kappa shape index (κ1) is 31.1. The molecule has 8 heteroatoms. The van der Waals surface area contributed by atoms with E-state index in [0.717, 1.165) is 93.3 Å². The molecule has 0 aliphatic carbocycles. The molecule has 0 saturated carbocycles. The Morgan fingerprint density at radius 2 is 1.09 bits per heavy atom. The number of piperazine rings is 2. The fraction of sp³-hybridized carbons (Fsp3) is 0.359. The van der Waals surface area contributed by atoms with E-state index in [2.05, 4.69) is 33.9 Å². The molecule has 1 aromatic heterocycles. The van der Waals surface area contributed by atoms with Gasteiger partial charge in [0.1, 0.15) is 0 Å². The number of carbonyl (C=O) groups excluding carboxylic acids is 2. The number of hydrogen-bond acceptors (Lipinski definition) is 6. The lowest BCUT2D eigenvalue weighted by molar-refractivity contribution is 0.0412. The highest BCUT2D eigenvalue weighted by Crippen LogP contribution is 2.27. The van der Waals surface area contributed by atoms with Crippen molar-refractivity contribution in [2.45, 2.75) is 18.9 Å². The maximum Gasteiger partial charge on any atom is 0.254 e. The predicted octanol–water partition coefficient (Wildman–Crippen LogP) is 5.23. The van der Waals surface area contributed by atoms with E-state index in [1.807, 2.05) is 94.7 Å². The Morgan fingerprint density at radius 1 is 0.574 bits per heavy atom. The molecule has 0 radical (unpaired) electrons. The Balaban J connectivity index is 0.943. The zero-order valence-electron chi connectivity index (χ0n) is 27.3. The van der Waals surface area contributed by atoms with Gasteiger partial charge in [0.2, 0.25) is 0 Å². The molecule has 4 heterocycles. The quantitative estimate of drug-likeness (QED) is 0.292. The van der Waals surface area contributed by atoms with E-state index >= 15 is 0 Å². The summed E-state index contributed by atoms with van der Waals surface area (Å²) < 4.78 is 0. The van der Waals surface area contributed by atoms with Crippen molar-refractivity contribution >= 4 is 17.5 Å². The lowest BCUT2D eigenvalue weighted by atomic mass is 10.0. The van der Waals surface area contributed by atoms with Gasteiger partial charge in [0.05, 0.1) is 11.4 Å². The zero-order valence-corrected chi connectivity index (χ0v) is 27.3. The normalized spacial score (nSPS) is 18.4. The van der Waals surface area contributed by atoms with Gasteiger partial charge in [-0.3, -0.25) is 14.5 Å². The summed E-state index contributed by atoms with van der Waals surface area (Å²) in [5.74, 6) is 0.186. The third-order valence-corrected chi connectivity index (χ3v) is 10.1. The second kappa shape index (κ2) is 14.1. The molecule has 0 N–H and O–H groups in total. The van der Waals surface area contributed by atoms with Crippen molar-refractivity contribution in [1.82, 2.24) is 24.6 Å². The first-order valence-electron chi connectivity index (χ1n) is 17.0. The van der Waals surface area contributed by atoms with E-state index in [9.17, 15) is 9.59 Å². The van der Waals surface area contributed by atoms with Gasteiger partial charge in [-0.25, -0.2) is 4.98 Å². The van der Waals surface area contributed by atoms with Crippen LogP contribution >= 0.6 is 0 Å². The maximum atomic E-state index is 13.9. The molecule has 0 unspecified atom stereocenters. The lowest BCUT2D eigenvalue weighted by Crippen LogP contribution is -2.54. The number of carbonyl (C=O) groups is 2. The molecule has 47 heavy (non-hydrogen) atoms. The summed E-state index contributed by atoms with van der Waals surface area (Å²) in [5.41, 5.74) is 6.25. The minimum Gasteiger partial charge on any atom is -0.369 e. The molecule has 242 valence electrons. The van der Waals surface area contributed by atoms with Gasteiger partial charge in [0.15, 0.2) is 0 Å². The number of nitrogens with zero attached hydrogens (tertiary/aromatic N) is 6. The van der Waals surface area contributed by atoms with E-state index < -0.39 is 0 Å². The Hall–Kier alpha value is -4.53. The Kier molecular flexibility index (Phi) is 9.31. The Labute approximate surface area is 278 Å². The van der Waals surface area contributed by atoms with E-state index in [4.69, 9.17) is 4.98 Å². The van der Waals surface area contributed by atoms with Crippen LogP contribution in [-0.2, 0) is 0 Å². The highest BCUT2D eigenvalue weighted by Gasteiger charge is 2.31. The molecular weight excluding hydrogens is 584 g/mol. The molecule has 8 nitrogen and oxygen atoms in total. The van der Waals surface area contributed by atoms with Crippen molar-refractivity contribution in [1.29, 1.82) is 0 Å². The molecule has 3 fully saturated rings. The van der Waals surface area contributed by atoms with Gasteiger partial charge < -0.3 is 19.6 Å². The second-order valence-electron chi connectivity index (χ2n) is 13.0. The van der Waals surface area contributed by atoms with Crippen LogP contribution in [0.25, 0.3) is 22.5 Å². The Bertz CT molecular complexity index is 1600. The average Bonchev–Trinajstić information content (AvgIpc) is 3.15. The number of likely N-dealkylation sites (N-methyl/N-ethyl adjacent to an activating group) is 1. The number of piperidine rings is 1. The number of benzene rings is 3. The third kappa shape index (κ3) is 7.09. The predicted molar refractivity (Wildman–Crippen MR) is 188 cm³/mol. The molecule has 3 aliphatic heterocycles. The molecule has 2 amide bonds. The number of likely N-dealkylation sites (tertiary alicyclic amines) is 1. The van der Waals surface area contributed by atoms with E-state index in [0.29, 0.717) is 24.7 Å². The second-order valence-corrected chi connectivity index (χ2v) is 13.0. The van der Waals surface area contributed by atoms with Crippen LogP contribution in [0.3, 0.4) is 0 Å². The lowest BCUT2D eigenvalue weighted by Gasteiger charge is -2.42. The van der Waals surface area contributed by atoms with E-state index in [1.165, 1.54) is 5.69 Å². The van der Waals surface area contributed by atoms with Crippen molar-refractivity contribution in [3.8, 4) is 22.5 Å². The first-order chi connectivity index (χ1) is 23.0. The molecule has 0 spiro atoms. The fourth-order valence-corrected chi connectivity index (χ4v) is 7.14. The fourth-order valence-electron chi connectivity index (χ4n) is 7.14. The van der Waals surface area contributed by atoms with Gasteiger partial charge in [0.25, 0.3) is 11.8 Å². The van der Waals surface area contributed by atoms with Crippen LogP contribution < -0.4 is 4.90 Å². The van der Waals surface area contributed by atoms with Gasteiger partial charge in [-0.1, -0.05) is 60.7 Å². The van der Waals surface area contributed by atoms with Gasteiger partial charge in [-0.05, 0) is 56.3 Å². The monoisotopic (exact) mass is 628 g/mol. The number of hydrogen-bond donors (Lipinski definition) is 0. The van der Waals surface area contributed by atoms with Crippen LogP contribution in [0.2, 0.25) is 0 Å². The summed E-state index contributed by atoms with van der Waals surface area (Å²) in [6.45, 7) is 8.80. The summed E-state index contributed by atoms with van der Waals surface area (Å²) in [5, 5.41) is 0. The van der Waals surface area contributed by atoms with E-state index in [1.54, 1.807) is 0 Å². The molecular formula is C39H44N6O2. The summed E-state index contributed by atoms with van der Waals surface area (Å²) in [6.07, 6.45) is 1.93. The van der Waals surface area contributed by atoms with Crippen LogP contribution in [0.5, 0.6) is 0 Å². The topological polar surface area (TPSA) is 63.2 Å². The molecule has 4 aromatic rings. The van der Waals surface area contributed by atoms with Gasteiger partial charge in [-0.2, -0.15) is 0 Å². The number of amides is 2. The molecule has 3 saturated heterocycles. The highest BCUT2D eigenvalue weighted by molar-refractivity contribution is 5.96. The van der Waals surface area contributed by atoms with Crippen molar-refractivity contribution < 1.29 is 9.59 Å². The smallest absolute Gasteiger partial charge is 0.254 e. The summed E-state index contributed by atoms with van der Waals surface area (Å²) >= 11 is 0. The minimum atomic E-state index is 0.0560. The summed E-state index contributed by atoms with van der Waals surface area (Å²) in [7, 11) is 2.16. The molecule has 3 aliphatic rings.